The van der Waals surface area contributed by atoms with Crippen molar-refractivity contribution >= 4 is 23.2 Å². The molecule has 6 heteroatoms. The number of nitrogens with zero attached hydrogens (tertiary/aromatic N) is 3. The van der Waals surface area contributed by atoms with Crippen molar-refractivity contribution < 1.29 is 4.79 Å². The molecule has 0 aliphatic heterocycles. The normalized spacial score (nSPS) is 11.0. The van der Waals surface area contributed by atoms with Crippen molar-refractivity contribution in [2.24, 2.45) is 5.10 Å². The highest BCUT2D eigenvalue weighted by molar-refractivity contribution is 5.97. The van der Waals surface area contributed by atoms with Crippen LogP contribution in [0, 0.1) is 0 Å². The van der Waals surface area contributed by atoms with Gasteiger partial charge in [0.15, 0.2) is 0 Å². The van der Waals surface area contributed by atoms with Crippen molar-refractivity contribution in [3.63, 3.8) is 0 Å². The molecule has 0 aliphatic rings. The van der Waals surface area contributed by atoms with E-state index in [4.69, 9.17) is 0 Å². The van der Waals surface area contributed by atoms with Crippen LogP contribution in [0.25, 0.3) is 11.0 Å². The highest BCUT2D eigenvalue weighted by Crippen LogP contribution is 2.11. The first-order valence-electron chi connectivity index (χ1n) is 5.99. The molecule has 98 valence electrons. The van der Waals surface area contributed by atoms with E-state index >= 15 is 0 Å². The number of carbonyl (C=O) groups excluding carboxylic acids is 1. The quantitative estimate of drug-likeness (QED) is 0.558. The van der Waals surface area contributed by atoms with Crippen molar-refractivity contribution in [1.82, 2.24) is 20.4 Å². The number of pyridine rings is 1. The first-order valence-corrected chi connectivity index (χ1v) is 5.99. The number of hydrazone groups is 1. The molecule has 0 atom stereocenters. The molecule has 0 saturated carbocycles. The Morgan fingerprint density at radius 1 is 1.35 bits per heavy atom. The predicted molar refractivity (Wildman–Crippen MR) is 75.4 cm³/mol. The van der Waals surface area contributed by atoms with Gasteiger partial charge in [0.1, 0.15) is 0 Å². The fourth-order valence-corrected chi connectivity index (χ4v) is 1.76. The van der Waals surface area contributed by atoms with Gasteiger partial charge >= 0.3 is 0 Å². The highest BCUT2D eigenvalue weighted by atomic mass is 16.2. The molecule has 3 aromatic rings. The lowest BCUT2D eigenvalue weighted by Crippen LogP contribution is -2.17. The molecule has 0 fully saturated rings. The van der Waals surface area contributed by atoms with Crippen LogP contribution in [0.4, 0.5) is 0 Å². The summed E-state index contributed by atoms with van der Waals surface area (Å²) in [5.74, 6) is -0.276. The van der Waals surface area contributed by atoms with E-state index in [1.165, 1.54) is 0 Å². The molecule has 0 bridgehead atoms. The van der Waals surface area contributed by atoms with Crippen LogP contribution in [0.3, 0.4) is 0 Å². The molecule has 1 amide bonds. The zero-order valence-electron chi connectivity index (χ0n) is 10.4. The molecule has 0 saturated heterocycles. The Labute approximate surface area is 114 Å². The average molecular weight is 265 g/mol. The molecular weight excluding hydrogens is 254 g/mol. The largest absolute Gasteiger partial charge is 0.345 e. The average Bonchev–Trinajstić information content (AvgIpc) is 2.95. The summed E-state index contributed by atoms with van der Waals surface area (Å²) < 4.78 is 0. The van der Waals surface area contributed by atoms with E-state index < -0.39 is 0 Å². The summed E-state index contributed by atoms with van der Waals surface area (Å²) in [5, 5.41) is 3.90. The minimum atomic E-state index is -0.276. The van der Waals surface area contributed by atoms with Gasteiger partial charge in [-0.25, -0.2) is 10.4 Å². The summed E-state index contributed by atoms with van der Waals surface area (Å²) in [7, 11) is 0. The van der Waals surface area contributed by atoms with Gasteiger partial charge in [0, 0.05) is 23.5 Å². The standard InChI is InChI=1S/C14H11N5O/c20-14(19-18-8-10-2-1-5-15-7-10)11-3-4-12-13(6-11)17-9-16-12/h1-9H,(H,16,17)(H,19,20)/b18-8-. The molecule has 20 heavy (non-hydrogen) atoms. The summed E-state index contributed by atoms with van der Waals surface area (Å²) in [6.45, 7) is 0. The number of carbonyl (C=O) groups is 1. The second-order valence-electron chi connectivity index (χ2n) is 4.12. The van der Waals surface area contributed by atoms with Gasteiger partial charge in [-0.15, -0.1) is 0 Å². The molecular formula is C14H11N5O. The third-order valence-corrected chi connectivity index (χ3v) is 2.75. The van der Waals surface area contributed by atoms with Crippen molar-refractivity contribution in [2.45, 2.75) is 0 Å². The number of benzene rings is 1. The van der Waals surface area contributed by atoms with Crippen LogP contribution in [0.5, 0.6) is 0 Å². The SMILES string of the molecule is O=C(N/N=C\c1cccnc1)c1ccc2nc[nH]c2c1. The lowest BCUT2D eigenvalue weighted by atomic mass is 10.2. The fourth-order valence-electron chi connectivity index (χ4n) is 1.76. The number of fused-ring (bicyclic) bond motifs is 1. The van der Waals surface area contributed by atoms with Gasteiger partial charge in [-0.05, 0) is 24.3 Å². The molecule has 6 nitrogen and oxygen atoms in total. The van der Waals surface area contributed by atoms with Crippen molar-refractivity contribution in [3.05, 3.63) is 60.2 Å². The third-order valence-electron chi connectivity index (χ3n) is 2.75. The van der Waals surface area contributed by atoms with Gasteiger partial charge in [-0.1, -0.05) is 6.07 Å². The van der Waals surface area contributed by atoms with E-state index in [-0.39, 0.29) is 5.91 Å². The smallest absolute Gasteiger partial charge is 0.271 e. The molecule has 0 radical (unpaired) electrons. The number of hydrogen-bond donors (Lipinski definition) is 2. The Balaban J connectivity index is 1.71. The maximum atomic E-state index is 11.9. The Hall–Kier alpha value is -3.02. The number of nitrogens with one attached hydrogen (secondary N) is 2. The monoisotopic (exact) mass is 265 g/mol. The maximum Gasteiger partial charge on any atom is 0.271 e. The molecule has 0 spiro atoms. The molecule has 2 aromatic heterocycles. The predicted octanol–water partition coefficient (Wildman–Crippen LogP) is 1.72. The number of aromatic amines is 1. The van der Waals surface area contributed by atoms with E-state index in [0.29, 0.717) is 5.56 Å². The van der Waals surface area contributed by atoms with Gasteiger partial charge in [-0.2, -0.15) is 5.10 Å². The second-order valence-corrected chi connectivity index (χ2v) is 4.12. The van der Waals surface area contributed by atoms with Crippen molar-refractivity contribution in [1.29, 1.82) is 0 Å². The Morgan fingerprint density at radius 2 is 2.30 bits per heavy atom. The van der Waals surface area contributed by atoms with Crippen molar-refractivity contribution in [3.8, 4) is 0 Å². The second kappa shape index (κ2) is 5.31. The summed E-state index contributed by atoms with van der Waals surface area (Å²) in [5.41, 5.74) is 5.44. The van der Waals surface area contributed by atoms with E-state index in [1.54, 1.807) is 49.2 Å². The van der Waals surface area contributed by atoms with E-state index in [9.17, 15) is 4.79 Å². The Morgan fingerprint density at radius 3 is 3.15 bits per heavy atom. The van der Waals surface area contributed by atoms with E-state index in [1.807, 2.05) is 6.07 Å². The third kappa shape index (κ3) is 2.54. The van der Waals surface area contributed by atoms with Crippen LogP contribution in [0.2, 0.25) is 0 Å². The lowest BCUT2D eigenvalue weighted by molar-refractivity contribution is 0.0955. The van der Waals surface area contributed by atoms with Gasteiger partial charge in [-0.3, -0.25) is 9.78 Å². The minimum Gasteiger partial charge on any atom is -0.345 e. The Bertz CT molecular complexity index is 763. The van der Waals surface area contributed by atoms with Crippen molar-refractivity contribution in [2.75, 3.05) is 0 Å². The number of hydrogen-bond acceptors (Lipinski definition) is 4. The number of imidazole rings is 1. The minimum absolute atomic E-state index is 0.276. The molecule has 1 aromatic carbocycles. The lowest BCUT2D eigenvalue weighted by Gasteiger charge is -1.99. The molecule has 0 aliphatic carbocycles. The molecule has 2 heterocycles. The summed E-state index contributed by atoms with van der Waals surface area (Å²) in [6, 6.07) is 8.87. The van der Waals surface area contributed by atoms with E-state index in [2.05, 4.69) is 25.5 Å². The number of aromatic nitrogens is 3. The number of H-pyrrole nitrogens is 1. The van der Waals surface area contributed by atoms with Crippen LogP contribution in [-0.2, 0) is 0 Å². The molecule has 3 rings (SSSR count). The zero-order valence-corrected chi connectivity index (χ0v) is 10.4. The van der Waals surface area contributed by atoms with Crippen LogP contribution in [0.15, 0.2) is 54.2 Å². The van der Waals surface area contributed by atoms with Crippen LogP contribution in [0.1, 0.15) is 15.9 Å². The highest BCUT2D eigenvalue weighted by Gasteiger charge is 2.05. The molecule has 0 unspecified atom stereocenters. The Kier molecular flexibility index (Phi) is 3.20. The summed E-state index contributed by atoms with van der Waals surface area (Å²) in [4.78, 5) is 22.9. The fraction of sp³-hybridized carbons (Fsp3) is 0. The first kappa shape index (κ1) is 12.0. The van der Waals surface area contributed by atoms with Gasteiger partial charge < -0.3 is 4.98 Å². The summed E-state index contributed by atoms with van der Waals surface area (Å²) >= 11 is 0. The van der Waals surface area contributed by atoms with Gasteiger partial charge in [0.2, 0.25) is 0 Å². The van der Waals surface area contributed by atoms with E-state index in [0.717, 1.165) is 16.6 Å². The van der Waals surface area contributed by atoms with Gasteiger partial charge in [0.05, 0.1) is 23.6 Å². The van der Waals surface area contributed by atoms with Crippen LogP contribution >= 0.6 is 0 Å². The summed E-state index contributed by atoms with van der Waals surface area (Å²) in [6.07, 6.45) is 6.47. The first-order chi connectivity index (χ1) is 9.83. The van der Waals surface area contributed by atoms with Crippen LogP contribution in [-0.4, -0.2) is 27.1 Å². The van der Waals surface area contributed by atoms with Crippen LogP contribution < -0.4 is 5.43 Å². The number of rotatable bonds is 3. The topological polar surface area (TPSA) is 83.0 Å². The molecule has 2 N–H and O–H groups in total. The number of amides is 1. The zero-order chi connectivity index (χ0) is 13.8. The maximum absolute atomic E-state index is 11.9. The van der Waals surface area contributed by atoms with Gasteiger partial charge in [0.25, 0.3) is 5.91 Å².